The Hall–Kier alpha value is -1.84. The lowest BCUT2D eigenvalue weighted by Gasteiger charge is -2.28. The van der Waals surface area contributed by atoms with Crippen molar-refractivity contribution in [2.24, 2.45) is 5.92 Å². The van der Waals surface area contributed by atoms with Gasteiger partial charge < -0.3 is 4.18 Å². The summed E-state index contributed by atoms with van der Waals surface area (Å²) in [5, 5.41) is 9.15. The summed E-state index contributed by atoms with van der Waals surface area (Å²) in [7, 11) is -9.45. The third-order valence-corrected chi connectivity index (χ3v) is 5.59. The molecule has 0 unspecified atom stereocenters. The predicted molar refractivity (Wildman–Crippen MR) is 104 cm³/mol. The Bertz CT molecular complexity index is 953. The minimum absolute atomic E-state index is 0.207. The molecule has 1 aliphatic carbocycles. The van der Waals surface area contributed by atoms with Crippen molar-refractivity contribution in [1.29, 1.82) is 5.26 Å². The summed E-state index contributed by atoms with van der Waals surface area (Å²) >= 11 is 0. The third-order valence-electron chi connectivity index (χ3n) is 4.62. The van der Waals surface area contributed by atoms with Gasteiger partial charge in [0, 0.05) is 0 Å². The molecule has 0 atom stereocenters. The highest BCUT2D eigenvalue weighted by atomic mass is 32.2. The van der Waals surface area contributed by atoms with Crippen LogP contribution in [-0.4, -0.2) is 33.2 Å². The molecule has 170 valence electrons. The van der Waals surface area contributed by atoms with Crippen LogP contribution in [0.3, 0.4) is 0 Å². The summed E-state index contributed by atoms with van der Waals surface area (Å²) in [6.07, 6.45) is 7.13. The Balaban J connectivity index is 0.000000804. The molecule has 0 aliphatic heterocycles. The first-order valence-corrected chi connectivity index (χ1v) is 12.4. The zero-order chi connectivity index (χ0) is 23.2. The second-order valence-corrected chi connectivity index (χ2v) is 10.1. The van der Waals surface area contributed by atoms with Gasteiger partial charge in [0.1, 0.15) is 6.07 Å². The largest absolute Gasteiger partial charge is 0.534 e. The highest BCUT2D eigenvalue weighted by Crippen LogP contribution is 2.39. The molecule has 12 heteroatoms. The van der Waals surface area contributed by atoms with Crippen LogP contribution in [0.4, 0.5) is 13.2 Å². The summed E-state index contributed by atoms with van der Waals surface area (Å²) in [5.41, 5.74) is -4.90. The number of halogens is 3. The summed E-state index contributed by atoms with van der Waals surface area (Å²) in [6.45, 7) is 2.15. The van der Waals surface area contributed by atoms with E-state index in [4.69, 9.17) is 9.81 Å². The zero-order valence-corrected chi connectivity index (χ0v) is 18.1. The van der Waals surface area contributed by atoms with Crippen LogP contribution in [0.15, 0.2) is 18.2 Å². The average molecular weight is 472 g/mol. The first-order valence-electron chi connectivity index (χ1n) is 9.15. The van der Waals surface area contributed by atoms with Gasteiger partial charge in [-0.15, -0.1) is 0 Å². The summed E-state index contributed by atoms with van der Waals surface area (Å²) in [4.78, 5) is 0. The van der Waals surface area contributed by atoms with Crippen molar-refractivity contribution in [3.05, 3.63) is 29.3 Å². The summed E-state index contributed by atoms with van der Waals surface area (Å²) < 4.78 is 89.5. The smallest absolute Gasteiger partial charge is 0.375 e. The molecule has 1 aromatic rings. The van der Waals surface area contributed by atoms with Crippen LogP contribution in [-0.2, 0) is 20.2 Å². The van der Waals surface area contributed by atoms with Crippen molar-refractivity contribution >= 4 is 20.2 Å². The Morgan fingerprint density at radius 1 is 1.17 bits per heavy atom. The standard InChI is InChI=1S/C17H20F3NO3S.CH4O3S/c1-2-3-12-4-6-13(7-5-12)14-8-9-16(15(10-14)11-21)24-25(22,23)17(18,19)20;1-5(2,3)4/h8-10,12-13H,2-7H2,1H3;1H3,(H,2,3,4). The maximum absolute atomic E-state index is 12.4. The minimum Gasteiger partial charge on any atom is -0.375 e. The Kier molecular flexibility index (Phi) is 9.13. The average Bonchev–Trinajstić information content (AvgIpc) is 2.60. The molecule has 30 heavy (non-hydrogen) atoms. The molecule has 0 amide bonds. The fourth-order valence-electron chi connectivity index (χ4n) is 3.32. The Morgan fingerprint density at radius 3 is 2.13 bits per heavy atom. The monoisotopic (exact) mass is 471 g/mol. The van der Waals surface area contributed by atoms with Crippen LogP contribution < -0.4 is 4.18 Å². The lowest BCUT2D eigenvalue weighted by molar-refractivity contribution is -0.0500. The number of alkyl halides is 3. The molecule has 1 fully saturated rings. The van der Waals surface area contributed by atoms with Gasteiger partial charge in [0.15, 0.2) is 5.75 Å². The number of hydrogen-bond acceptors (Lipinski definition) is 6. The number of hydrogen-bond donors (Lipinski definition) is 1. The molecule has 7 nitrogen and oxygen atoms in total. The molecule has 0 spiro atoms. The summed E-state index contributed by atoms with van der Waals surface area (Å²) in [6, 6.07) is 5.84. The molecular formula is C18H24F3NO6S2. The van der Waals surface area contributed by atoms with Crippen molar-refractivity contribution in [1.82, 2.24) is 0 Å². The molecule has 0 heterocycles. The molecule has 2 rings (SSSR count). The summed E-state index contributed by atoms with van der Waals surface area (Å²) in [5.74, 6) is 0.341. The lowest BCUT2D eigenvalue weighted by atomic mass is 9.77. The number of rotatable bonds is 5. The van der Waals surface area contributed by atoms with Crippen LogP contribution in [0.1, 0.15) is 62.5 Å². The highest BCUT2D eigenvalue weighted by molar-refractivity contribution is 7.88. The quantitative estimate of drug-likeness (QED) is 0.384. The zero-order valence-electron chi connectivity index (χ0n) is 16.5. The molecule has 0 bridgehead atoms. The van der Waals surface area contributed by atoms with Gasteiger partial charge in [0.25, 0.3) is 10.1 Å². The van der Waals surface area contributed by atoms with Crippen molar-refractivity contribution in [2.75, 3.05) is 6.26 Å². The van der Waals surface area contributed by atoms with Crippen molar-refractivity contribution < 1.29 is 38.7 Å². The van der Waals surface area contributed by atoms with Crippen LogP contribution >= 0.6 is 0 Å². The molecule has 1 aromatic carbocycles. The molecular weight excluding hydrogens is 447 g/mol. The maximum Gasteiger partial charge on any atom is 0.534 e. The number of nitriles is 1. The van der Waals surface area contributed by atoms with Crippen molar-refractivity contribution in [3.63, 3.8) is 0 Å². The maximum atomic E-state index is 12.4. The molecule has 1 saturated carbocycles. The Labute approximate surface area is 174 Å². The van der Waals surface area contributed by atoms with Gasteiger partial charge in [-0.25, -0.2) is 0 Å². The van der Waals surface area contributed by atoms with Crippen molar-refractivity contribution in [2.45, 2.75) is 56.9 Å². The van der Waals surface area contributed by atoms with E-state index in [0.29, 0.717) is 12.2 Å². The van der Waals surface area contributed by atoms with E-state index in [9.17, 15) is 30.0 Å². The van der Waals surface area contributed by atoms with Gasteiger partial charge in [0.05, 0.1) is 11.8 Å². The van der Waals surface area contributed by atoms with Crippen LogP contribution in [0.25, 0.3) is 0 Å². The molecule has 1 N–H and O–H groups in total. The van der Waals surface area contributed by atoms with E-state index in [1.54, 1.807) is 12.1 Å². The first-order chi connectivity index (χ1) is 13.7. The van der Waals surface area contributed by atoms with Gasteiger partial charge in [-0.3, -0.25) is 4.55 Å². The molecule has 0 saturated heterocycles. The van der Waals surface area contributed by atoms with Crippen LogP contribution in [0.5, 0.6) is 5.75 Å². The first kappa shape index (κ1) is 26.2. The van der Waals surface area contributed by atoms with Crippen LogP contribution in [0.2, 0.25) is 0 Å². The molecule has 1 aliphatic rings. The van der Waals surface area contributed by atoms with E-state index in [0.717, 1.165) is 43.7 Å². The molecule has 0 radical (unpaired) electrons. The topological polar surface area (TPSA) is 122 Å². The van der Waals surface area contributed by atoms with Gasteiger partial charge in [0.2, 0.25) is 0 Å². The fraction of sp³-hybridized carbons (Fsp3) is 0.611. The fourth-order valence-corrected chi connectivity index (χ4v) is 3.80. The Morgan fingerprint density at radius 2 is 1.70 bits per heavy atom. The van der Waals surface area contributed by atoms with Crippen LogP contribution in [0, 0.1) is 17.2 Å². The van der Waals surface area contributed by atoms with Crippen molar-refractivity contribution in [3.8, 4) is 11.8 Å². The predicted octanol–water partition coefficient (Wildman–Crippen LogP) is 4.36. The van der Waals surface area contributed by atoms with E-state index in [2.05, 4.69) is 11.1 Å². The lowest BCUT2D eigenvalue weighted by Crippen LogP contribution is -2.28. The normalized spacial score (nSPS) is 19.9. The number of benzene rings is 1. The van der Waals surface area contributed by atoms with E-state index in [-0.39, 0.29) is 11.5 Å². The second-order valence-electron chi connectivity index (χ2n) is 7.09. The second kappa shape index (κ2) is 10.5. The van der Waals surface area contributed by atoms with E-state index < -0.39 is 31.5 Å². The molecule has 0 aromatic heterocycles. The third kappa shape index (κ3) is 8.49. The van der Waals surface area contributed by atoms with Gasteiger partial charge in [-0.05, 0) is 55.2 Å². The van der Waals surface area contributed by atoms with Gasteiger partial charge in [-0.2, -0.15) is 35.3 Å². The van der Waals surface area contributed by atoms with E-state index in [1.165, 1.54) is 12.5 Å². The van der Waals surface area contributed by atoms with E-state index >= 15 is 0 Å². The highest BCUT2D eigenvalue weighted by Gasteiger charge is 2.48. The number of nitrogens with zero attached hydrogens (tertiary/aromatic N) is 1. The SMILES string of the molecule is CCCC1CCC(c2ccc(OS(=O)(=O)C(F)(F)F)c(C#N)c2)CC1.CS(=O)(=O)O. The van der Waals surface area contributed by atoms with E-state index in [1.807, 2.05) is 0 Å². The minimum atomic E-state index is -5.79. The van der Waals surface area contributed by atoms with Gasteiger partial charge >= 0.3 is 15.6 Å². The van der Waals surface area contributed by atoms with Gasteiger partial charge in [-0.1, -0.05) is 25.8 Å².